The number of rotatable bonds is 4. The SMILES string of the molecule is Cc1cc(C)cc(Nc2ccc(NC(=O)NC3CCCCC3)nc2)c1. The van der Waals surface area contributed by atoms with Crippen LogP contribution in [-0.4, -0.2) is 17.1 Å². The van der Waals surface area contributed by atoms with Crippen molar-refractivity contribution in [2.75, 3.05) is 10.6 Å². The lowest BCUT2D eigenvalue weighted by atomic mass is 9.96. The number of nitrogens with one attached hydrogen (secondary N) is 3. The molecule has 1 aliphatic rings. The summed E-state index contributed by atoms with van der Waals surface area (Å²) in [4.78, 5) is 16.4. The Labute approximate surface area is 149 Å². The summed E-state index contributed by atoms with van der Waals surface area (Å²) in [5, 5.41) is 9.18. The number of amides is 2. The van der Waals surface area contributed by atoms with Gasteiger partial charge in [-0.1, -0.05) is 25.3 Å². The molecule has 3 N–H and O–H groups in total. The number of benzene rings is 1. The van der Waals surface area contributed by atoms with E-state index >= 15 is 0 Å². The van der Waals surface area contributed by atoms with E-state index in [0.29, 0.717) is 11.9 Å². The number of hydrogen-bond acceptors (Lipinski definition) is 3. The summed E-state index contributed by atoms with van der Waals surface area (Å²) in [6, 6.07) is 10.2. The predicted molar refractivity (Wildman–Crippen MR) is 102 cm³/mol. The van der Waals surface area contributed by atoms with Crippen LogP contribution in [0.15, 0.2) is 36.5 Å². The van der Waals surface area contributed by atoms with Crippen molar-refractivity contribution in [2.45, 2.75) is 52.0 Å². The van der Waals surface area contributed by atoms with Crippen LogP contribution in [0, 0.1) is 13.8 Å². The molecular formula is C20H26N4O. The molecule has 0 atom stereocenters. The number of aromatic nitrogens is 1. The Kier molecular flexibility index (Phi) is 5.53. The van der Waals surface area contributed by atoms with Crippen LogP contribution in [0.3, 0.4) is 0 Å². The normalized spacial score (nSPS) is 14.8. The van der Waals surface area contributed by atoms with Crippen LogP contribution in [0.4, 0.5) is 22.0 Å². The van der Waals surface area contributed by atoms with Gasteiger partial charge in [0.1, 0.15) is 5.82 Å². The van der Waals surface area contributed by atoms with Crippen LogP contribution < -0.4 is 16.0 Å². The molecule has 0 saturated heterocycles. The number of urea groups is 1. The molecule has 5 nitrogen and oxygen atoms in total. The topological polar surface area (TPSA) is 66.0 Å². The Morgan fingerprint density at radius 3 is 2.36 bits per heavy atom. The van der Waals surface area contributed by atoms with Gasteiger partial charge in [0, 0.05) is 11.7 Å². The van der Waals surface area contributed by atoms with E-state index in [-0.39, 0.29) is 6.03 Å². The molecule has 1 aromatic carbocycles. The first-order chi connectivity index (χ1) is 12.1. The van der Waals surface area contributed by atoms with Crippen molar-refractivity contribution in [3.05, 3.63) is 47.7 Å². The maximum absolute atomic E-state index is 12.1. The molecule has 5 heteroatoms. The highest BCUT2D eigenvalue weighted by molar-refractivity contribution is 5.88. The van der Waals surface area contributed by atoms with Gasteiger partial charge in [-0.05, 0) is 62.1 Å². The van der Waals surface area contributed by atoms with Crippen LogP contribution in [0.25, 0.3) is 0 Å². The van der Waals surface area contributed by atoms with Gasteiger partial charge in [-0.25, -0.2) is 9.78 Å². The number of aryl methyl sites for hydroxylation is 2. The molecule has 1 aromatic heterocycles. The van der Waals surface area contributed by atoms with E-state index in [1.165, 1.54) is 30.4 Å². The van der Waals surface area contributed by atoms with Crippen molar-refractivity contribution in [1.29, 1.82) is 0 Å². The first-order valence-corrected chi connectivity index (χ1v) is 8.97. The van der Waals surface area contributed by atoms with Crippen molar-refractivity contribution in [3.63, 3.8) is 0 Å². The summed E-state index contributed by atoms with van der Waals surface area (Å²) in [5.74, 6) is 0.555. The van der Waals surface area contributed by atoms with Crippen LogP contribution in [0.2, 0.25) is 0 Å². The largest absolute Gasteiger partial charge is 0.354 e. The molecule has 0 bridgehead atoms. The molecule has 0 radical (unpaired) electrons. The van der Waals surface area contributed by atoms with Crippen molar-refractivity contribution in [3.8, 4) is 0 Å². The van der Waals surface area contributed by atoms with E-state index in [0.717, 1.165) is 24.2 Å². The highest BCUT2D eigenvalue weighted by Gasteiger charge is 2.15. The number of nitrogens with zero attached hydrogens (tertiary/aromatic N) is 1. The molecule has 0 aliphatic heterocycles. The standard InChI is InChI=1S/C20H26N4O/c1-14-10-15(2)12-18(11-14)22-17-8-9-19(21-13-17)24-20(25)23-16-6-4-3-5-7-16/h8-13,16,22H,3-7H2,1-2H3,(H2,21,23,24,25). The van der Waals surface area contributed by atoms with E-state index in [1.54, 1.807) is 6.20 Å². The number of carbonyl (C=O) groups excluding carboxylic acids is 1. The zero-order valence-electron chi connectivity index (χ0n) is 14.9. The van der Waals surface area contributed by atoms with E-state index in [2.05, 4.69) is 53.0 Å². The fourth-order valence-corrected chi connectivity index (χ4v) is 3.34. The maximum Gasteiger partial charge on any atom is 0.320 e. The van der Waals surface area contributed by atoms with E-state index < -0.39 is 0 Å². The van der Waals surface area contributed by atoms with E-state index in [1.807, 2.05) is 12.1 Å². The number of hydrogen-bond donors (Lipinski definition) is 3. The van der Waals surface area contributed by atoms with Gasteiger partial charge in [0.25, 0.3) is 0 Å². The third-order valence-electron chi connectivity index (χ3n) is 4.46. The molecule has 3 rings (SSSR count). The molecule has 2 amide bonds. The zero-order chi connectivity index (χ0) is 17.6. The van der Waals surface area contributed by atoms with Gasteiger partial charge in [0.2, 0.25) is 0 Å². The molecule has 1 aliphatic carbocycles. The summed E-state index contributed by atoms with van der Waals surface area (Å²) in [6.07, 6.45) is 7.54. The lowest BCUT2D eigenvalue weighted by Gasteiger charge is -2.22. The summed E-state index contributed by atoms with van der Waals surface area (Å²) < 4.78 is 0. The number of pyridine rings is 1. The minimum Gasteiger partial charge on any atom is -0.354 e. The Balaban J connectivity index is 1.55. The van der Waals surface area contributed by atoms with Crippen LogP contribution >= 0.6 is 0 Å². The second kappa shape index (κ2) is 8.01. The Bertz CT molecular complexity index is 701. The maximum atomic E-state index is 12.1. The number of carbonyl (C=O) groups is 1. The summed E-state index contributed by atoms with van der Waals surface area (Å²) in [5.41, 5.74) is 4.36. The van der Waals surface area contributed by atoms with Crippen molar-refractivity contribution < 1.29 is 4.79 Å². The molecule has 1 fully saturated rings. The Morgan fingerprint density at radius 1 is 1.00 bits per heavy atom. The Hall–Kier alpha value is -2.56. The summed E-state index contributed by atoms with van der Waals surface area (Å²) in [6.45, 7) is 4.16. The van der Waals surface area contributed by atoms with Gasteiger partial charge >= 0.3 is 6.03 Å². The lowest BCUT2D eigenvalue weighted by Crippen LogP contribution is -2.39. The third kappa shape index (κ3) is 5.21. The van der Waals surface area contributed by atoms with Crippen molar-refractivity contribution >= 4 is 23.2 Å². The predicted octanol–water partition coefficient (Wildman–Crippen LogP) is 4.90. The van der Waals surface area contributed by atoms with Gasteiger partial charge in [0.15, 0.2) is 0 Å². The molecule has 0 spiro atoms. The lowest BCUT2D eigenvalue weighted by molar-refractivity contribution is 0.244. The van der Waals surface area contributed by atoms with Gasteiger partial charge in [-0.3, -0.25) is 5.32 Å². The van der Waals surface area contributed by atoms with Crippen LogP contribution in [0.1, 0.15) is 43.2 Å². The fraction of sp³-hybridized carbons (Fsp3) is 0.400. The Morgan fingerprint density at radius 2 is 1.72 bits per heavy atom. The molecule has 0 unspecified atom stereocenters. The van der Waals surface area contributed by atoms with Crippen LogP contribution in [0.5, 0.6) is 0 Å². The minimum atomic E-state index is -0.172. The van der Waals surface area contributed by atoms with E-state index in [4.69, 9.17) is 0 Å². The number of anilines is 3. The van der Waals surface area contributed by atoms with Crippen molar-refractivity contribution in [2.24, 2.45) is 0 Å². The summed E-state index contributed by atoms with van der Waals surface area (Å²) >= 11 is 0. The zero-order valence-corrected chi connectivity index (χ0v) is 14.9. The first kappa shape index (κ1) is 17.3. The average Bonchev–Trinajstić information content (AvgIpc) is 2.56. The van der Waals surface area contributed by atoms with E-state index in [9.17, 15) is 4.79 Å². The second-order valence-corrected chi connectivity index (χ2v) is 6.87. The first-order valence-electron chi connectivity index (χ1n) is 8.97. The highest BCUT2D eigenvalue weighted by Crippen LogP contribution is 2.20. The minimum absolute atomic E-state index is 0.172. The second-order valence-electron chi connectivity index (χ2n) is 6.87. The monoisotopic (exact) mass is 338 g/mol. The third-order valence-corrected chi connectivity index (χ3v) is 4.46. The smallest absolute Gasteiger partial charge is 0.320 e. The average molecular weight is 338 g/mol. The quantitative estimate of drug-likeness (QED) is 0.743. The fourth-order valence-electron chi connectivity index (χ4n) is 3.34. The molecule has 1 saturated carbocycles. The van der Waals surface area contributed by atoms with Crippen molar-refractivity contribution in [1.82, 2.24) is 10.3 Å². The van der Waals surface area contributed by atoms with Gasteiger partial charge in [-0.2, -0.15) is 0 Å². The van der Waals surface area contributed by atoms with Gasteiger partial charge in [-0.15, -0.1) is 0 Å². The van der Waals surface area contributed by atoms with Crippen LogP contribution in [-0.2, 0) is 0 Å². The molecule has 2 aromatic rings. The molecular weight excluding hydrogens is 312 g/mol. The van der Waals surface area contributed by atoms with Gasteiger partial charge in [0.05, 0.1) is 11.9 Å². The summed E-state index contributed by atoms with van der Waals surface area (Å²) in [7, 11) is 0. The molecule has 25 heavy (non-hydrogen) atoms. The highest BCUT2D eigenvalue weighted by atomic mass is 16.2. The molecule has 1 heterocycles. The molecule has 132 valence electrons. The van der Waals surface area contributed by atoms with Gasteiger partial charge < -0.3 is 10.6 Å².